The molecule has 0 amide bonds. The van der Waals surface area contributed by atoms with Crippen LogP contribution in [-0.4, -0.2) is 88.4 Å². The Balaban J connectivity index is 2.97. The minimum atomic E-state index is -1.10. The Morgan fingerprint density at radius 2 is 1.35 bits per heavy atom. The Kier molecular flexibility index (Phi) is 16.0. The number of rotatable bonds is 22. The van der Waals surface area contributed by atoms with Gasteiger partial charge in [0.2, 0.25) is 17.8 Å². The molecule has 1 rings (SSSR count). The van der Waals surface area contributed by atoms with Gasteiger partial charge in [-0.1, -0.05) is 12.8 Å². The molecule has 1 heterocycles. The van der Waals surface area contributed by atoms with E-state index >= 15 is 0 Å². The van der Waals surface area contributed by atoms with Crippen LogP contribution in [0.2, 0.25) is 0 Å². The van der Waals surface area contributed by atoms with Gasteiger partial charge in [0.15, 0.2) is 5.96 Å². The number of unbranched alkanes of at least 4 members (excludes halogenated alkanes) is 4. The van der Waals surface area contributed by atoms with Crippen LogP contribution in [0.5, 0.6) is 0 Å². The molecule has 1 aromatic heterocycles. The minimum Gasteiger partial charge on any atom is -0.480 e. The highest BCUT2D eigenvalue weighted by atomic mass is 16.4. The first kappa shape index (κ1) is 31.6. The predicted molar refractivity (Wildman–Crippen MR) is 144 cm³/mol. The van der Waals surface area contributed by atoms with Gasteiger partial charge in [0.25, 0.3) is 0 Å². The van der Waals surface area contributed by atoms with Crippen LogP contribution >= 0.6 is 0 Å². The first-order chi connectivity index (χ1) is 17.8. The third-order valence-corrected chi connectivity index (χ3v) is 5.37. The van der Waals surface area contributed by atoms with E-state index in [2.05, 4.69) is 41.2 Å². The molecule has 210 valence electrons. The molecule has 0 aliphatic rings. The number of anilines is 3. The number of nitrogens with zero attached hydrogens (tertiary/aromatic N) is 4. The summed E-state index contributed by atoms with van der Waals surface area (Å²) in [6, 6.07) is -1.94. The van der Waals surface area contributed by atoms with E-state index in [4.69, 9.17) is 17.2 Å². The largest absolute Gasteiger partial charge is 0.480 e. The molecule has 1 aromatic rings. The molecule has 37 heavy (non-hydrogen) atoms. The fourth-order valence-electron chi connectivity index (χ4n) is 3.39. The molecule has 0 spiro atoms. The third-order valence-electron chi connectivity index (χ3n) is 5.37. The van der Waals surface area contributed by atoms with Crippen molar-refractivity contribution in [1.82, 2.24) is 20.3 Å². The van der Waals surface area contributed by atoms with Crippen molar-refractivity contribution in [1.29, 1.82) is 0 Å². The molecule has 0 aromatic carbocycles. The van der Waals surface area contributed by atoms with Gasteiger partial charge in [-0.05, 0) is 65.1 Å². The van der Waals surface area contributed by atoms with Gasteiger partial charge < -0.3 is 48.7 Å². The Morgan fingerprint density at radius 1 is 0.811 bits per heavy atom. The number of hydrogen-bond acceptors (Lipinski definition) is 11. The highest BCUT2D eigenvalue weighted by Gasteiger charge is 2.22. The van der Waals surface area contributed by atoms with Gasteiger partial charge in [-0.25, -0.2) is 9.59 Å². The number of aliphatic carboxylic acids is 2. The molecule has 0 saturated heterocycles. The van der Waals surface area contributed by atoms with Crippen molar-refractivity contribution >= 4 is 35.7 Å². The lowest BCUT2D eigenvalue weighted by Crippen LogP contribution is -2.32. The predicted octanol–water partition coefficient (Wildman–Crippen LogP) is -0.0239. The molecular weight excluding hydrogens is 482 g/mol. The molecule has 2 atom stereocenters. The lowest BCUT2D eigenvalue weighted by atomic mass is 10.1. The highest BCUT2D eigenvalue weighted by molar-refractivity contribution is 5.77. The van der Waals surface area contributed by atoms with Crippen molar-refractivity contribution in [3.05, 3.63) is 0 Å². The van der Waals surface area contributed by atoms with E-state index in [1.54, 1.807) is 0 Å². The van der Waals surface area contributed by atoms with Gasteiger partial charge in [0, 0.05) is 13.1 Å². The molecule has 0 fully saturated rings. The van der Waals surface area contributed by atoms with Crippen LogP contribution in [-0.2, 0) is 9.59 Å². The van der Waals surface area contributed by atoms with Crippen LogP contribution in [0.25, 0.3) is 0 Å². The lowest BCUT2D eigenvalue weighted by Gasteiger charge is -2.18. The fourth-order valence-corrected chi connectivity index (χ4v) is 3.39. The van der Waals surface area contributed by atoms with E-state index in [1.165, 1.54) is 0 Å². The summed E-state index contributed by atoms with van der Waals surface area (Å²) in [7, 11) is 1.92. The van der Waals surface area contributed by atoms with Crippen molar-refractivity contribution in [3.8, 4) is 0 Å². The average Bonchev–Trinajstić information content (AvgIpc) is 2.84. The first-order valence-electron chi connectivity index (χ1n) is 12.7. The van der Waals surface area contributed by atoms with Crippen molar-refractivity contribution in [2.75, 3.05) is 49.2 Å². The topological polar surface area (TPSA) is 252 Å². The molecule has 12 N–H and O–H groups in total. The Hall–Kier alpha value is -3.46. The summed E-state index contributed by atoms with van der Waals surface area (Å²) in [6.07, 6.45) is 6.36. The molecule has 0 radical (unpaired) electrons. The van der Waals surface area contributed by atoms with E-state index in [1.807, 2.05) is 7.05 Å². The normalized spacial score (nSPS) is 12.4. The number of aromatic nitrogens is 3. The van der Waals surface area contributed by atoms with Crippen LogP contribution in [0, 0.1) is 0 Å². The number of hydrogen-bond donors (Lipinski definition) is 9. The molecule has 15 nitrogen and oxygen atoms in total. The number of nitrogens with two attached hydrogens (primary N) is 3. The second-order valence-corrected chi connectivity index (χ2v) is 8.55. The second-order valence-electron chi connectivity index (χ2n) is 8.55. The second kappa shape index (κ2) is 18.8. The number of nitrogens with one attached hydrogen (secondary N) is 4. The SMILES string of the molecule is CNCCCCCCNc1nc(NC(CCCCN)C(=O)O)nc(NC(CCCN=C(N)N)C(=O)O)n1. The zero-order valence-electron chi connectivity index (χ0n) is 21.6. The fraction of sp³-hybridized carbons (Fsp3) is 0.727. The quantitative estimate of drug-likeness (QED) is 0.0548. The van der Waals surface area contributed by atoms with Crippen LogP contribution < -0.4 is 38.5 Å². The third kappa shape index (κ3) is 14.6. The van der Waals surface area contributed by atoms with Crippen molar-refractivity contribution < 1.29 is 19.8 Å². The molecule has 15 heteroatoms. The number of carboxylic acid groups (broad SMARTS) is 2. The summed E-state index contributed by atoms with van der Waals surface area (Å²) >= 11 is 0. The Labute approximate surface area is 217 Å². The molecule has 0 aliphatic carbocycles. The van der Waals surface area contributed by atoms with Gasteiger partial charge in [-0.3, -0.25) is 4.99 Å². The van der Waals surface area contributed by atoms with Crippen LogP contribution in [0.1, 0.15) is 57.8 Å². The summed E-state index contributed by atoms with van der Waals surface area (Å²) < 4.78 is 0. The Morgan fingerprint density at radius 3 is 1.86 bits per heavy atom. The average molecular weight is 526 g/mol. The van der Waals surface area contributed by atoms with Gasteiger partial charge >= 0.3 is 11.9 Å². The van der Waals surface area contributed by atoms with E-state index in [0.717, 1.165) is 32.2 Å². The molecule has 2 unspecified atom stereocenters. The summed E-state index contributed by atoms with van der Waals surface area (Å²) in [5.41, 5.74) is 16.1. The summed E-state index contributed by atoms with van der Waals surface area (Å²) in [6.45, 7) is 2.32. The molecule has 0 aliphatic heterocycles. The maximum atomic E-state index is 11.8. The number of aliphatic imine (C=N–C) groups is 1. The van der Waals surface area contributed by atoms with Gasteiger partial charge in [0.1, 0.15) is 12.1 Å². The summed E-state index contributed by atoms with van der Waals surface area (Å²) in [4.78, 5) is 40.2. The van der Waals surface area contributed by atoms with Gasteiger partial charge in [-0.15, -0.1) is 0 Å². The van der Waals surface area contributed by atoms with Gasteiger partial charge in [0.05, 0.1) is 0 Å². The van der Waals surface area contributed by atoms with Crippen molar-refractivity contribution in [3.63, 3.8) is 0 Å². The summed E-state index contributed by atoms with van der Waals surface area (Å²) in [5.74, 6) is -1.96. The maximum absolute atomic E-state index is 11.8. The van der Waals surface area contributed by atoms with E-state index in [-0.39, 0.29) is 36.8 Å². The molecular formula is C22H43N11O4. The minimum absolute atomic E-state index is 0.00866. The standard InChI is InChI=1S/C22H43N11O4/c1-26-12-6-2-3-7-13-28-20-31-21(29-15(17(34)35)9-4-5-11-23)33-22(32-20)30-16(18(36)37)10-8-14-27-19(24)25/h15-16,26H,2-14,23H2,1H3,(H,34,35)(H,36,37)(H4,24,25,27)(H3,28,29,30,31,32,33). The first-order valence-corrected chi connectivity index (χ1v) is 12.7. The van der Waals surface area contributed by atoms with Crippen LogP contribution in [0.15, 0.2) is 4.99 Å². The van der Waals surface area contributed by atoms with E-state index in [0.29, 0.717) is 38.8 Å². The highest BCUT2D eigenvalue weighted by Crippen LogP contribution is 2.15. The van der Waals surface area contributed by atoms with Crippen molar-refractivity contribution in [2.45, 2.75) is 69.9 Å². The van der Waals surface area contributed by atoms with E-state index in [9.17, 15) is 19.8 Å². The number of carbonyl (C=O) groups is 2. The number of guanidine groups is 1. The molecule has 0 bridgehead atoms. The maximum Gasteiger partial charge on any atom is 0.326 e. The zero-order valence-corrected chi connectivity index (χ0v) is 21.6. The smallest absolute Gasteiger partial charge is 0.326 e. The Bertz CT molecular complexity index is 837. The number of carboxylic acids is 2. The zero-order chi connectivity index (χ0) is 27.5. The lowest BCUT2D eigenvalue weighted by molar-refractivity contribution is -0.139. The van der Waals surface area contributed by atoms with E-state index < -0.39 is 24.0 Å². The monoisotopic (exact) mass is 525 g/mol. The summed E-state index contributed by atoms with van der Waals surface area (Å²) in [5, 5.41) is 31.1. The van der Waals surface area contributed by atoms with Crippen LogP contribution in [0.3, 0.4) is 0 Å². The van der Waals surface area contributed by atoms with Crippen LogP contribution in [0.4, 0.5) is 17.8 Å². The molecule has 0 saturated carbocycles. The van der Waals surface area contributed by atoms with Gasteiger partial charge in [-0.2, -0.15) is 15.0 Å². The van der Waals surface area contributed by atoms with Crippen molar-refractivity contribution in [2.24, 2.45) is 22.2 Å².